The summed E-state index contributed by atoms with van der Waals surface area (Å²) >= 11 is 1.63. The molecule has 28 heavy (non-hydrogen) atoms. The molecule has 3 aromatic carbocycles. The minimum atomic E-state index is -3.62. The molecule has 0 aliphatic heterocycles. The standard InChI is InChI=1S/C22H20N2O2S2/c1-14-4-9-20-21(13-14)27-22(23-20)17-5-7-18(8-6-17)24-28(25,26)19-11-15(2)10-16(3)12-19/h4-13,24H,1-3H3. The number of benzene rings is 3. The maximum absolute atomic E-state index is 12.7. The lowest BCUT2D eigenvalue weighted by Gasteiger charge is -2.10. The normalized spacial score (nSPS) is 11.7. The second kappa shape index (κ2) is 7.04. The Labute approximate surface area is 168 Å². The number of rotatable bonds is 4. The second-order valence-electron chi connectivity index (χ2n) is 7.00. The quantitative estimate of drug-likeness (QED) is 0.472. The molecule has 0 saturated heterocycles. The van der Waals surface area contributed by atoms with E-state index in [0.717, 1.165) is 31.9 Å². The number of anilines is 1. The molecule has 0 saturated carbocycles. The SMILES string of the molecule is Cc1cc(C)cc(S(=O)(=O)Nc2ccc(-c3nc4ccc(C)cc4s3)cc2)c1. The van der Waals surface area contributed by atoms with Gasteiger partial charge in [0.1, 0.15) is 5.01 Å². The molecule has 0 amide bonds. The van der Waals surface area contributed by atoms with Gasteiger partial charge in [-0.05, 0) is 86.0 Å². The van der Waals surface area contributed by atoms with Gasteiger partial charge in [-0.25, -0.2) is 13.4 Å². The van der Waals surface area contributed by atoms with E-state index in [-0.39, 0.29) is 4.90 Å². The van der Waals surface area contributed by atoms with E-state index < -0.39 is 10.0 Å². The average molecular weight is 409 g/mol. The summed E-state index contributed by atoms with van der Waals surface area (Å²) in [5.41, 5.74) is 5.51. The topological polar surface area (TPSA) is 59.1 Å². The van der Waals surface area contributed by atoms with Crippen LogP contribution in [0.3, 0.4) is 0 Å². The van der Waals surface area contributed by atoms with Gasteiger partial charge in [-0.15, -0.1) is 11.3 Å². The van der Waals surface area contributed by atoms with Crippen LogP contribution in [0.25, 0.3) is 20.8 Å². The average Bonchev–Trinajstić information content (AvgIpc) is 3.04. The Kier molecular flexibility index (Phi) is 4.69. The van der Waals surface area contributed by atoms with Crippen molar-refractivity contribution in [2.24, 2.45) is 0 Å². The monoisotopic (exact) mass is 408 g/mol. The molecule has 0 atom stereocenters. The molecule has 1 aromatic heterocycles. The fourth-order valence-electron chi connectivity index (χ4n) is 3.14. The van der Waals surface area contributed by atoms with Crippen LogP contribution in [0.5, 0.6) is 0 Å². The van der Waals surface area contributed by atoms with Crippen LogP contribution in [0, 0.1) is 20.8 Å². The third-order valence-electron chi connectivity index (χ3n) is 4.43. The van der Waals surface area contributed by atoms with Crippen LogP contribution >= 0.6 is 11.3 Å². The van der Waals surface area contributed by atoms with E-state index in [2.05, 4.69) is 28.8 Å². The first-order chi connectivity index (χ1) is 13.3. The molecule has 1 heterocycles. The molecule has 0 fully saturated rings. The zero-order valence-electron chi connectivity index (χ0n) is 15.9. The van der Waals surface area contributed by atoms with Gasteiger partial charge in [0, 0.05) is 11.3 Å². The molecular formula is C22H20N2O2S2. The summed E-state index contributed by atoms with van der Waals surface area (Å²) in [7, 11) is -3.62. The Balaban J connectivity index is 1.60. The first-order valence-corrected chi connectivity index (χ1v) is 11.2. The minimum Gasteiger partial charge on any atom is -0.280 e. The van der Waals surface area contributed by atoms with Gasteiger partial charge in [0.2, 0.25) is 0 Å². The number of fused-ring (bicyclic) bond motifs is 1. The molecule has 4 nitrogen and oxygen atoms in total. The number of sulfonamides is 1. The Hall–Kier alpha value is -2.70. The van der Waals surface area contributed by atoms with Crippen LogP contribution in [0.4, 0.5) is 5.69 Å². The lowest BCUT2D eigenvalue weighted by atomic mass is 10.2. The molecule has 4 aromatic rings. The van der Waals surface area contributed by atoms with E-state index in [1.165, 1.54) is 5.56 Å². The van der Waals surface area contributed by atoms with E-state index in [4.69, 9.17) is 0 Å². The predicted octanol–water partition coefficient (Wildman–Crippen LogP) is 5.69. The van der Waals surface area contributed by atoms with Crippen LogP contribution in [0.15, 0.2) is 65.6 Å². The number of aromatic nitrogens is 1. The van der Waals surface area contributed by atoms with Crippen LogP contribution in [-0.4, -0.2) is 13.4 Å². The Bertz CT molecular complexity index is 1250. The summed E-state index contributed by atoms with van der Waals surface area (Å²) in [5, 5.41) is 0.921. The van der Waals surface area contributed by atoms with Crippen molar-refractivity contribution in [1.82, 2.24) is 4.98 Å². The van der Waals surface area contributed by atoms with Gasteiger partial charge in [0.05, 0.1) is 15.1 Å². The van der Waals surface area contributed by atoms with Crippen molar-refractivity contribution < 1.29 is 8.42 Å². The van der Waals surface area contributed by atoms with E-state index >= 15 is 0 Å². The smallest absolute Gasteiger partial charge is 0.261 e. The van der Waals surface area contributed by atoms with Gasteiger partial charge < -0.3 is 0 Å². The van der Waals surface area contributed by atoms with Crippen molar-refractivity contribution in [2.75, 3.05) is 4.72 Å². The van der Waals surface area contributed by atoms with Gasteiger partial charge in [-0.2, -0.15) is 0 Å². The van der Waals surface area contributed by atoms with Crippen molar-refractivity contribution in [3.8, 4) is 10.6 Å². The van der Waals surface area contributed by atoms with Crippen molar-refractivity contribution in [3.63, 3.8) is 0 Å². The fraction of sp³-hybridized carbons (Fsp3) is 0.136. The molecule has 0 unspecified atom stereocenters. The zero-order chi connectivity index (χ0) is 19.9. The molecule has 6 heteroatoms. The number of aryl methyl sites for hydroxylation is 3. The molecular weight excluding hydrogens is 388 g/mol. The van der Waals surface area contributed by atoms with Crippen molar-refractivity contribution >= 4 is 37.3 Å². The zero-order valence-corrected chi connectivity index (χ0v) is 17.5. The first-order valence-electron chi connectivity index (χ1n) is 8.89. The molecule has 142 valence electrons. The van der Waals surface area contributed by atoms with E-state index in [1.807, 2.05) is 38.1 Å². The third kappa shape index (κ3) is 3.79. The van der Waals surface area contributed by atoms with E-state index in [0.29, 0.717) is 5.69 Å². The highest BCUT2D eigenvalue weighted by Crippen LogP contribution is 2.31. The maximum Gasteiger partial charge on any atom is 0.261 e. The Morgan fingerprint density at radius 2 is 1.50 bits per heavy atom. The third-order valence-corrected chi connectivity index (χ3v) is 6.86. The van der Waals surface area contributed by atoms with Crippen LogP contribution < -0.4 is 4.72 Å². The molecule has 0 spiro atoms. The lowest BCUT2D eigenvalue weighted by Crippen LogP contribution is -2.13. The van der Waals surface area contributed by atoms with Crippen LogP contribution in [0.1, 0.15) is 16.7 Å². The Morgan fingerprint density at radius 3 is 2.18 bits per heavy atom. The molecule has 1 N–H and O–H groups in total. The molecule has 0 aliphatic rings. The number of nitrogens with one attached hydrogen (secondary N) is 1. The fourth-order valence-corrected chi connectivity index (χ4v) is 5.45. The van der Waals surface area contributed by atoms with Crippen molar-refractivity contribution in [2.45, 2.75) is 25.7 Å². The van der Waals surface area contributed by atoms with Crippen molar-refractivity contribution in [3.05, 3.63) is 77.4 Å². The van der Waals surface area contributed by atoms with Gasteiger partial charge in [-0.3, -0.25) is 4.72 Å². The Morgan fingerprint density at radius 1 is 0.821 bits per heavy atom. The van der Waals surface area contributed by atoms with Crippen LogP contribution in [-0.2, 0) is 10.0 Å². The summed E-state index contributed by atoms with van der Waals surface area (Å²) in [6.07, 6.45) is 0. The molecule has 0 aliphatic carbocycles. The van der Waals surface area contributed by atoms with E-state index in [9.17, 15) is 8.42 Å². The summed E-state index contributed by atoms with van der Waals surface area (Å²) < 4.78 is 29.2. The van der Waals surface area contributed by atoms with Gasteiger partial charge in [0.15, 0.2) is 0 Å². The van der Waals surface area contributed by atoms with Crippen molar-refractivity contribution in [1.29, 1.82) is 0 Å². The minimum absolute atomic E-state index is 0.274. The first kappa shape index (κ1) is 18.7. The van der Waals surface area contributed by atoms with Crippen LogP contribution in [0.2, 0.25) is 0 Å². The summed E-state index contributed by atoms with van der Waals surface area (Å²) in [5.74, 6) is 0. The van der Waals surface area contributed by atoms with E-state index in [1.54, 1.807) is 35.6 Å². The summed E-state index contributed by atoms with van der Waals surface area (Å²) in [4.78, 5) is 4.95. The predicted molar refractivity (Wildman–Crippen MR) is 117 cm³/mol. The molecule has 0 bridgehead atoms. The highest BCUT2D eigenvalue weighted by Gasteiger charge is 2.15. The summed E-state index contributed by atoms with van der Waals surface area (Å²) in [6, 6.07) is 18.8. The van der Waals surface area contributed by atoms with Gasteiger partial charge in [0.25, 0.3) is 10.0 Å². The lowest BCUT2D eigenvalue weighted by molar-refractivity contribution is 0.601. The number of nitrogens with zero attached hydrogens (tertiary/aromatic N) is 1. The number of thiazole rings is 1. The second-order valence-corrected chi connectivity index (χ2v) is 9.71. The maximum atomic E-state index is 12.7. The summed E-state index contributed by atoms with van der Waals surface area (Å²) in [6.45, 7) is 5.84. The molecule has 4 rings (SSSR count). The molecule has 0 radical (unpaired) electrons. The number of hydrogen-bond donors (Lipinski definition) is 1. The van der Waals surface area contributed by atoms with Gasteiger partial charge in [-0.1, -0.05) is 12.1 Å². The largest absolute Gasteiger partial charge is 0.280 e. The highest BCUT2D eigenvalue weighted by molar-refractivity contribution is 7.92. The van der Waals surface area contributed by atoms with Gasteiger partial charge >= 0.3 is 0 Å². The highest BCUT2D eigenvalue weighted by atomic mass is 32.2. The number of hydrogen-bond acceptors (Lipinski definition) is 4.